The zero-order valence-corrected chi connectivity index (χ0v) is 7.82. The van der Waals surface area contributed by atoms with Crippen LogP contribution in [0.25, 0.3) is 0 Å². The second-order valence-corrected chi connectivity index (χ2v) is 2.34. The van der Waals surface area contributed by atoms with E-state index in [1.54, 1.807) is 12.2 Å². The number of hydrogen-bond acceptors (Lipinski definition) is 4. The highest BCUT2D eigenvalue weighted by molar-refractivity contribution is 5.60. The van der Waals surface area contributed by atoms with Gasteiger partial charge in [-0.1, -0.05) is 19.4 Å². The van der Waals surface area contributed by atoms with Crippen molar-refractivity contribution >= 4 is 6.16 Å². The number of nitrogens with zero attached hydrogens (tertiary/aromatic N) is 1. The van der Waals surface area contributed by atoms with Gasteiger partial charge in [-0.25, -0.2) is 4.79 Å². The van der Waals surface area contributed by atoms with E-state index in [4.69, 9.17) is 5.26 Å². The largest absolute Gasteiger partial charge is 0.509 e. The van der Waals surface area contributed by atoms with Gasteiger partial charge in [-0.2, -0.15) is 5.26 Å². The summed E-state index contributed by atoms with van der Waals surface area (Å²) in [5.74, 6) is 0. The molecule has 0 saturated heterocycles. The van der Waals surface area contributed by atoms with E-state index in [9.17, 15) is 4.79 Å². The summed E-state index contributed by atoms with van der Waals surface area (Å²) in [6.45, 7) is 2.02. The van der Waals surface area contributed by atoms with Crippen LogP contribution in [0, 0.1) is 11.3 Å². The molecule has 0 radical (unpaired) electrons. The molecule has 4 heteroatoms. The topological polar surface area (TPSA) is 59.3 Å². The van der Waals surface area contributed by atoms with Gasteiger partial charge in [0.1, 0.15) is 6.07 Å². The summed E-state index contributed by atoms with van der Waals surface area (Å²) < 4.78 is 8.83. The first-order valence-electron chi connectivity index (χ1n) is 4.05. The van der Waals surface area contributed by atoms with Gasteiger partial charge in [0, 0.05) is 0 Å². The molecule has 0 aromatic rings. The Bertz CT molecular complexity index is 217. The minimum absolute atomic E-state index is 0.840. The molecule has 72 valence electrons. The van der Waals surface area contributed by atoms with Crippen LogP contribution in [0.15, 0.2) is 12.2 Å². The quantitative estimate of drug-likeness (QED) is 0.494. The zero-order valence-electron chi connectivity index (χ0n) is 7.82. The van der Waals surface area contributed by atoms with Gasteiger partial charge < -0.3 is 9.47 Å². The molecule has 0 aliphatic rings. The molecule has 0 aromatic carbocycles. The first kappa shape index (κ1) is 11.5. The van der Waals surface area contributed by atoms with E-state index < -0.39 is 12.3 Å². The van der Waals surface area contributed by atoms with Crippen LogP contribution in [0.5, 0.6) is 0 Å². The fourth-order valence-electron chi connectivity index (χ4n) is 0.647. The lowest BCUT2D eigenvalue weighted by Gasteiger charge is -2.04. The lowest BCUT2D eigenvalue weighted by molar-refractivity contribution is 0.0667. The normalized spacial score (nSPS) is 12.1. The average Bonchev–Trinajstić information content (AvgIpc) is 2.16. The Morgan fingerprint density at radius 3 is 2.85 bits per heavy atom. The number of nitriles is 1. The molecule has 1 atom stereocenters. The van der Waals surface area contributed by atoms with Crippen molar-refractivity contribution in [1.82, 2.24) is 0 Å². The summed E-state index contributed by atoms with van der Waals surface area (Å²) in [4.78, 5) is 10.6. The van der Waals surface area contributed by atoms with E-state index in [1.807, 2.05) is 13.0 Å². The summed E-state index contributed by atoms with van der Waals surface area (Å²) in [6.07, 6.45) is 3.51. The fraction of sp³-hybridized carbons (Fsp3) is 0.556. The second-order valence-electron chi connectivity index (χ2n) is 2.34. The molecular formula is C9H13NO3. The molecular weight excluding hydrogens is 170 g/mol. The molecule has 0 aliphatic heterocycles. The van der Waals surface area contributed by atoms with E-state index in [0.717, 1.165) is 12.8 Å². The van der Waals surface area contributed by atoms with Gasteiger partial charge in [-0.3, -0.25) is 0 Å². The lowest BCUT2D eigenvalue weighted by Crippen LogP contribution is -2.13. The molecule has 4 nitrogen and oxygen atoms in total. The van der Waals surface area contributed by atoms with Crippen molar-refractivity contribution in [2.75, 3.05) is 7.11 Å². The van der Waals surface area contributed by atoms with Crippen LogP contribution >= 0.6 is 0 Å². The predicted octanol–water partition coefficient (Wildman–Crippen LogP) is 2.02. The molecule has 13 heavy (non-hydrogen) atoms. The first-order chi connectivity index (χ1) is 6.24. The Morgan fingerprint density at radius 1 is 1.69 bits per heavy atom. The number of methoxy groups -OCH3 is 1. The molecule has 0 heterocycles. The summed E-state index contributed by atoms with van der Waals surface area (Å²) >= 11 is 0. The minimum Gasteiger partial charge on any atom is -0.438 e. The number of ether oxygens (including phenoxy) is 2. The molecule has 0 spiro atoms. The molecule has 0 N–H and O–H groups in total. The molecule has 0 fully saturated rings. The van der Waals surface area contributed by atoms with Gasteiger partial charge in [0.25, 0.3) is 0 Å². The summed E-state index contributed by atoms with van der Waals surface area (Å²) in [5, 5.41) is 8.54. The van der Waals surface area contributed by atoms with E-state index in [-0.39, 0.29) is 0 Å². The number of unbranched alkanes of at least 4 members (excludes halogenated alkanes) is 1. The van der Waals surface area contributed by atoms with E-state index in [2.05, 4.69) is 9.47 Å². The highest BCUT2D eigenvalue weighted by atomic mass is 16.7. The third kappa shape index (κ3) is 5.74. The van der Waals surface area contributed by atoms with E-state index >= 15 is 0 Å². The summed E-state index contributed by atoms with van der Waals surface area (Å²) in [5.41, 5.74) is 0. The van der Waals surface area contributed by atoms with Gasteiger partial charge >= 0.3 is 6.16 Å². The highest BCUT2D eigenvalue weighted by Crippen LogP contribution is 1.98. The van der Waals surface area contributed by atoms with Crippen LogP contribution < -0.4 is 0 Å². The zero-order chi connectivity index (χ0) is 10.1. The van der Waals surface area contributed by atoms with E-state index in [0.29, 0.717) is 0 Å². The number of hydrogen-bond donors (Lipinski definition) is 0. The van der Waals surface area contributed by atoms with Gasteiger partial charge in [-0.15, -0.1) is 0 Å². The standard InChI is InChI=1S/C9H13NO3/c1-3-4-5-6-8(7-10)13-9(11)12-2/h5-6,8H,3-4H2,1-2H3/b6-5+. The van der Waals surface area contributed by atoms with Crippen LogP contribution in [-0.4, -0.2) is 19.4 Å². The predicted molar refractivity (Wildman–Crippen MR) is 46.9 cm³/mol. The van der Waals surface area contributed by atoms with Gasteiger partial charge in [0.15, 0.2) is 0 Å². The maximum Gasteiger partial charge on any atom is 0.509 e. The van der Waals surface area contributed by atoms with Crippen molar-refractivity contribution in [1.29, 1.82) is 5.26 Å². The van der Waals surface area contributed by atoms with Crippen molar-refractivity contribution in [3.05, 3.63) is 12.2 Å². The van der Waals surface area contributed by atoms with Crippen molar-refractivity contribution < 1.29 is 14.3 Å². The third-order valence-electron chi connectivity index (χ3n) is 1.28. The Morgan fingerprint density at radius 2 is 2.38 bits per heavy atom. The summed E-state index contributed by atoms with van der Waals surface area (Å²) in [6, 6.07) is 1.82. The van der Waals surface area contributed by atoms with Crippen molar-refractivity contribution in [3.63, 3.8) is 0 Å². The van der Waals surface area contributed by atoms with Gasteiger partial charge in [0.05, 0.1) is 7.11 Å². The molecule has 0 saturated carbocycles. The smallest absolute Gasteiger partial charge is 0.438 e. The number of allylic oxidation sites excluding steroid dienone is 1. The lowest BCUT2D eigenvalue weighted by atomic mass is 10.2. The Balaban J connectivity index is 3.91. The average molecular weight is 183 g/mol. The van der Waals surface area contributed by atoms with Crippen LogP contribution in [0.4, 0.5) is 4.79 Å². The minimum atomic E-state index is -0.848. The SMILES string of the molecule is CCC/C=C/C(C#N)OC(=O)OC. The van der Waals surface area contributed by atoms with Crippen LogP contribution in [-0.2, 0) is 9.47 Å². The highest BCUT2D eigenvalue weighted by Gasteiger charge is 2.08. The van der Waals surface area contributed by atoms with E-state index in [1.165, 1.54) is 7.11 Å². The monoisotopic (exact) mass is 183 g/mol. The van der Waals surface area contributed by atoms with Gasteiger partial charge in [-0.05, 0) is 12.5 Å². The summed E-state index contributed by atoms with van der Waals surface area (Å²) in [7, 11) is 1.20. The molecule has 0 bridgehead atoms. The number of carbonyl (C=O) groups is 1. The maximum absolute atomic E-state index is 10.6. The first-order valence-corrected chi connectivity index (χ1v) is 4.05. The third-order valence-corrected chi connectivity index (χ3v) is 1.28. The van der Waals surface area contributed by atoms with Crippen molar-refractivity contribution in [3.8, 4) is 6.07 Å². The fourth-order valence-corrected chi connectivity index (χ4v) is 0.647. The van der Waals surface area contributed by atoms with Crippen molar-refractivity contribution in [2.24, 2.45) is 0 Å². The van der Waals surface area contributed by atoms with Crippen LogP contribution in [0.3, 0.4) is 0 Å². The van der Waals surface area contributed by atoms with Crippen LogP contribution in [0.2, 0.25) is 0 Å². The Labute approximate surface area is 77.8 Å². The van der Waals surface area contributed by atoms with Crippen molar-refractivity contribution in [2.45, 2.75) is 25.9 Å². The van der Waals surface area contributed by atoms with Crippen LogP contribution in [0.1, 0.15) is 19.8 Å². The Hall–Kier alpha value is -1.50. The molecule has 0 aromatic heterocycles. The maximum atomic E-state index is 10.6. The molecule has 0 aliphatic carbocycles. The number of rotatable bonds is 4. The molecule has 0 rings (SSSR count). The van der Waals surface area contributed by atoms with Gasteiger partial charge in [0.2, 0.25) is 6.10 Å². The number of carbonyl (C=O) groups excluding carboxylic acids is 1. The second kappa shape index (κ2) is 7.17. The Kier molecular flexibility index (Phi) is 6.34. The molecule has 0 amide bonds. The molecule has 1 unspecified atom stereocenters.